The molecule has 1 heterocycles. The topological polar surface area (TPSA) is 37.4 Å². The summed E-state index contributed by atoms with van der Waals surface area (Å²) in [6, 6.07) is 7.04. The van der Waals surface area contributed by atoms with Gasteiger partial charge in [-0.1, -0.05) is 24.6 Å². The summed E-state index contributed by atoms with van der Waals surface area (Å²) >= 11 is 7.34. The SMILES string of the molecule is CCN(Cc1cccs1)S(=O)(=O)c1ccc(F)cc1Cl. The Bertz CT molecular complexity index is 686. The van der Waals surface area contributed by atoms with Crippen LogP contribution in [0, 0.1) is 5.82 Å². The molecule has 2 rings (SSSR count). The fourth-order valence-corrected chi connectivity index (χ4v) is 4.50. The molecule has 20 heavy (non-hydrogen) atoms. The third-order valence-corrected chi connectivity index (χ3v) is 6.04. The normalized spacial score (nSPS) is 12.0. The number of hydrogen-bond acceptors (Lipinski definition) is 3. The number of rotatable bonds is 5. The molecule has 0 fully saturated rings. The molecule has 1 aromatic heterocycles. The lowest BCUT2D eigenvalue weighted by molar-refractivity contribution is 0.426. The van der Waals surface area contributed by atoms with Crippen molar-refractivity contribution in [2.24, 2.45) is 0 Å². The standard InChI is InChI=1S/C13H13ClFNO2S2/c1-2-16(9-11-4-3-7-19-11)20(17,18)13-6-5-10(15)8-12(13)14/h3-8H,2,9H2,1H3. The minimum absolute atomic E-state index is 0.0704. The fourth-order valence-electron chi connectivity index (χ4n) is 1.77. The molecule has 1 aromatic carbocycles. The van der Waals surface area contributed by atoms with E-state index in [4.69, 9.17) is 11.6 Å². The van der Waals surface area contributed by atoms with Gasteiger partial charge in [0.25, 0.3) is 0 Å². The predicted molar refractivity (Wildman–Crippen MR) is 79.0 cm³/mol. The van der Waals surface area contributed by atoms with Gasteiger partial charge in [0.1, 0.15) is 10.7 Å². The van der Waals surface area contributed by atoms with Gasteiger partial charge in [0.05, 0.1) is 5.02 Å². The van der Waals surface area contributed by atoms with Gasteiger partial charge in [-0.25, -0.2) is 12.8 Å². The smallest absolute Gasteiger partial charge is 0.207 e. The van der Waals surface area contributed by atoms with Gasteiger partial charge in [0.15, 0.2) is 0 Å². The summed E-state index contributed by atoms with van der Waals surface area (Å²) < 4.78 is 39.4. The number of halogens is 2. The maximum atomic E-state index is 13.0. The van der Waals surface area contributed by atoms with Crippen molar-refractivity contribution in [1.82, 2.24) is 4.31 Å². The van der Waals surface area contributed by atoms with Crippen molar-refractivity contribution in [1.29, 1.82) is 0 Å². The van der Waals surface area contributed by atoms with Crippen molar-refractivity contribution in [3.05, 3.63) is 51.4 Å². The van der Waals surface area contributed by atoms with E-state index in [9.17, 15) is 12.8 Å². The fraction of sp³-hybridized carbons (Fsp3) is 0.231. The van der Waals surface area contributed by atoms with E-state index in [0.717, 1.165) is 17.0 Å². The van der Waals surface area contributed by atoms with Gasteiger partial charge in [-0.15, -0.1) is 11.3 Å². The average Bonchev–Trinajstić information content (AvgIpc) is 2.88. The number of benzene rings is 1. The monoisotopic (exact) mass is 333 g/mol. The molecule has 0 spiro atoms. The van der Waals surface area contributed by atoms with E-state index in [2.05, 4.69) is 0 Å². The van der Waals surface area contributed by atoms with Crippen molar-refractivity contribution in [3.8, 4) is 0 Å². The maximum Gasteiger partial charge on any atom is 0.244 e. The Labute approximate surface area is 126 Å². The van der Waals surface area contributed by atoms with Crippen LogP contribution >= 0.6 is 22.9 Å². The third-order valence-electron chi connectivity index (χ3n) is 2.78. The molecule has 0 aliphatic heterocycles. The molecule has 0 aliphatic carbocycles. The zero-order valence-electron chi connectivity index (χ0n) is 10.7. The highest BCUT2D eigenvalue weighted by Crippen LogP contribution is 2.27. The van der Waals surface area contributed by atoms with E-state index in [1.54, 1.807) is 6.92 Å². The van der Waals surface area contributed by atoms with Crippen LogP contribution in [0.2, 0.25) is 5.02 Å². The molecule has 0 N–H and O–H groups in total. The van der Waals surface area contributed by atoms with Crippen molar-refractivity contribution < 1.29 is 12.8 Å². The maximum absolute atomic E-state index is 13.0. The van der Waals surface area contributed by atoms with Crippen LogP contribution in [-0.2, 0) is 16.6 Å². The lowest BCUT2D eigenvalue weighted by Gasteiger charge is -2.20. The van der Waals surface area contributed by atoms with E-state index >= 15 is 0 Å². The highest BCUT2D eigenvalue weighted by molar-refractivity contribution is 7.89. The lowest BCUT2D eigenvalue weighted by atomic mass is 10.3. The van der Waals surface area contributed by atoms with Gasteiger partial charge < -0.3 is 0 Å². The Morgan fingerprint density at radius 1 is 1.35 bits per heavy atom. The van der Waals surface area contributed by atoms with Crippen LogP contribution in [0.3, 0.4) is 0 Å². The second-order valence-electron chi connectivity index (χ2n) is 4.09. The minimum Gasteiger partial charge on any atom is -0.207 e. The number of hydrogen-bond donors (Lipinski definition) is 0. The molecule has 0 radical (unpaired) electrons. The summed E-state index contributed by atoms with van der Waals surface area (Å²) in [6.45, 7) is 2.35. The first-order valence-corrected chi connectivity index (χ1v) is 8.62. The molecule has 108 valence electrons. The molecule has 0 saturated carbocycles. The van der Waals surface area contributed by atoms with Crippen molar-refractivity contribution >= 4 is 33.0 Å². The largest absolute Gasteiger partial charge is 0.244 e. The highest BCUT2D eigenvalue weighted by Gasteiger charge is 2.26. The minimum atomic E-state index is -3.73. The summed E-state index contributed by atoms with van der Waals surface area (Å²) in [4.78, 5) is 0.868. The first kappa shape index (κ1) is 15.4. The molecule has 2 aromatic rings. The van der Waals surface area contributed by atoms with Crippen LogP contribution in [0.5, 0.6) is 0 Å². The van der Waals surface area contributed by atoms with Gasteiger partial charge in [0, 0.05) is 18.0 Å². The van der Waals surface area contributed by atoms with Crippen LogP contribution in [-0.4, -0.2) is 19.3 Å². The number of sulfonamides is 1. The Morgan fingerprint density at radius 3 is 2.65 bits per heavy atom. The van der Waals surface area contributed by atoms with E-state index in [-0.39, 0.29) is 16.5 Å². The number of thiophene rings is 1. The predicted octanol–water partition coefficient (Wildman–Crippen LogP) is 3.75. The van der Waals surface area contributed by atoms with Crippen molar-refractivity contribution in [2.45, 2.75) is 18.4 Å². The second kappa shape index (κ2) is 6.22. The third kappa shape index (κ3) is 3.20. The van der Waals surface area contributed by atoms with Crippen molar-refractivity contribution in [2.75, 3.05) is 6.54 Å². The van der Waals surface area contributed by atoms with E-state index in [0.29, 0.717) is 6.54 Å². The number of nitrogens with zero attached hydrogens (tertiary/aromatic N) is 1. The molecule has 3 nitrogen and oxygen atoms in total. The average molecular weight is 334 g/mol. The molecular weight excluding hydrogens is 321 g/mol. The second-order valence-corrected chi connectivity index (χ2v) is 7.43. The Morgan fingerprint density at radius 2 is 2.10 bits per heavy atom. The Hall–Kier alpha value is -0.950. The molecular formula is C13H13ClFNO2S2. The molecule has 0 atom stereocenters. The molecule has 0 amide bonds. The lowest BCUT2D eigenvalue weighted by Crippen LogP contribution is -2.30. The quantitative estimate of drug-likeness (QED) is 0.835. The Balaban J connectivity index is 2.36. The molecule has 0 unspecified atom stereocenters. The van der Waals surface area contributed by atoms with Crippen LogP contribution in [0.1, 0.15) is 11.8 Å². The van der Waals surface area contributed by atoms with Crippen LogP contribution in [0.15, 0.2) is 40.6 Å². The van der Waals surface area contributed by atoms with Gasteiger partial charge in [0.2, 0.25) is 10.0 Å². The summed E-state index contributed by atoms with van der Waals surface area (Å²) in [7, 11) is -3.73. The van der Waals surface area contributed by atoms with E-state index in [1.807, 2.05) is 17.5 Å². The molecule has 0 saturated heterocycles. The summed E-state index contributed by atoms with van der Waals surface area (Å²) in [5.74, 6) is -0.560. The van der Waals surface area contributed by atoms with Crippen LogP contribution in [0.25, 0.3) is 0 Å². The van der Waals surface area contributed by atoms with Gasteiger partial charge in [-0.2, -0.15) is 4.31 Å². The first-order chi connectivity index (χ1) is 9.45. The molecule has 7 heteroatoms. The van der Waals surface area contributed by atoms with E-state index < -0.39 is 15.8 Å². The van der Waals surface area contributed by atoms with Crippen LogP contribution in [0.4, 0.5) is 4.39 Å². The summed E-state index contributed by atoms with van der Waals surface area (Å²) in [5, 5.41) is 1.79. The zero-order valence-corrected chi connectivity index (χ0v) is 13.1. The van der Waals surface area contributed by atoms with Crippen LogP contribution < -0.4 is 0 Å². The van der Waals surface area contributed by atoms with Crippen molar-refractivity contribution in [3.63, 3.8) is 0 Å². The highest BCUT2D eigenvalue weighted by atomic mass is 35.5. The van der Waals surface area contributed by atoms with Gasteiger partial charge in [-0.3, -0.25) is 0 Å². The van der Waals surface area contributed by atoms with Gasteiger partial charge in [-0.05, 0) is 29.6 Å². The molecule has 0 aliphatic rings. The van der Waals surface area contributed by atoms with E-state index in [1.165, 1.54) is 21.7 Å². The summed E-state index contributed by atoms with van der Waals surface area (Å²) in [5.41, 5.74) is 0. The Kier molecular flexibility index (Phi) is 4.80. The summed E-state index contributed by atoms with van der Waals surface area (Å²) in [6.07, 6.45) is 0. The van der Waals surface area contributed by atoms with Gasteiger partial charge >= 0.3 is 0 Å². The first-order valence-electron chi connectivity index (χ1n) is 5.92. The molecule has 0 bridgehead atoms. The zero-order chi connectivity index (χ0) is 14.8.